The zero-order valence-electron chi connectivity index (χ0n) is 12.0. The normalized spacial score (nSPS) is 18.4. The van der Waals surface area contributed by atoms with Crippen molar-refractivity contribution in [3.05, 3.63) is 35.1 Å². The van der Waals surface area contributed by atoms with Gasteiger partial charge in [0.2, 0.25) is 0 Å². The minimum atomic E-state index is -0.845. The van der Waals surface area contributed by atoms with Gasteiger partial charge in [0, 0.05) is 24.0 Å². The van der Waals surface area contributed by atoms with E-state index in [-0.39, 0.29) is 12.5 Å². The first kappa shape index (κ1) is 13.7. The van der Waals surface area contributed by atoms with E-state index in [9.17, 15) is 9.59 Å². The number of hydrogen-bond acceptors (Lipinski definition) is 3. The molecule has 1 aliphatic heterocycles. The Bertz CT molecular complexity index is 731. The summed E-state index contributed by atoms with van der Waals surface area (Å²) >= 11 is 0. The molecule has 1 aromatic heterocycles. The highest BCUT2D eigenvalue weighted by molar-refractivity contribution is 5.99. The summed E-state index contributed by atoms with van der Waals surface area (Å²) in [6.45, 7) is 4.52. The van der Waals surface area contributed by atoms with Crippen molar-refractivity contribution in [2.45, 2.75) is 20.3 Å². The van der Waals surface area contributed by atoms with Gasteiger partial charge in [-0.25, -0.2) is 0 Å². The van der Waals surface area contributed by atoms with E-state index >= 15 is 0 Å². The third kappa shape index (κ3) is 2.18. The molecule has 1 aliphatic rings. The molecule has 21 heavy (non-hydrogen) atoms. The van der Waals surface area contributed by atoms with Gasteiger partial charge in [-0.1, -0.05) is 18.2 Å². The van der Waals surface area contributed by atoms with Crippen LogP contribution in [0.4, 0.5) is 0 Å². The third-order valence-corrected chi connectivity index (χ3v) is 4.18. The summed E-state index contributed by atoms with van der Waals surface area (Å²) in [5, 5.41) is 9.96. The second kappa shape index (κ2) is 4.91. The molecular formula is C16H17NO4. The maximum absolute atomic E-state index is 12.6. The molecule has 1 saturated heterocycles. The quantitative estimate of drug-likeness (QED) is 0.921. The molecule has 0 radical (unpaired) electrons. The highest BCUT2D eigenvalue weighted by atomic mass is 16.4. The van der Waals surface area contributed by atoms with Crippen molar-refractivity contribution in [2.24, 2.45) is 5.92 Å². The predicted molar refractivity (Wildman–Crippen MR) is 77.3 cm³/mol. The van der Waals surface area contributed by atoms with E-state index in [0.717, 1.165) is 22.1 Å². The van der Waals surface area contributed by atoms with Crippen molar-refractivity contribution in [3.8, 4) is 0 Å². The molecule has 5 heteroatoms. The Kier molecular flexibility index (Phi) is 3.20. The first-order valence-electron chi connectivity index (χ1n) is 7.00. The maximum atomic E-state index is 12.6. The van der Waals surface area contributed by atoms with Crippen LogP contribution in [0.25, 0.3) is 11.0 Å². The Morgan fingerprint density at radius 2 is 2.10 bits per heavy atom. The molecule has 1 aromatic carbocycles. The van der Waals surface area contributed by atoms with Crippen molar-refractivity contribution >= 4 is 22.8 Å². The fourth-order valence-electron chi connectivity index (χ4n) is 2.88. The zero-order chi connectivity index (χ0) is 15.1. The second-order valence-corrected chi connectivity index (χ2v) is 5.58. The fourth-order valence-corrected chi connectivity index (χ4v) is 2.88. The van der Waals surface area contributed by atoms with E-state index in [0.29, 0.717) is 18.7 Å². The molecule has 1 atom stereocenters. The molecule has 1 N–H and O–H groups in total. The Morgan fingerprint density at radius 1 is 1.33 bits per heavy atom. The van der Waals surface area contributed by atoms with Gasteiger partial charge >= 0.3 is 5.97 Å². The number of carbonyl (C=O) groups excluding carboxylic acids is 1. The van der Waals surface area contributed by atoms with Crippen molar-refractivity contribution < 1.29 is 19.1 Å². The summed E-state index contributed by atoms with van der Waals surface area (Å²) in [5.74, 6) is -1.21. The molecule has 2 heterocycles. The number of furan rings is 1. The summed E-state index contributed by atoms with van der Waals surface area (Å²) in [6, 6.07) is 5.81. The second-order valence-electron chi connectivity index (χ2n) is 5.58. The minimum absolute atomic E-state index is 0.216. The summed E-state index contributed by atoms with van der Waals surface area (Å²) in [4.78, 5) is 25.1. The Balaban J connectivity index is 1.94. The van der Waals surface area contributed by atoms with Crippen LogP contribution in [0.5, 0.6) is 0 Å². The lowest BCUT2D eigenvalue weighted by atomic mass is 10.1. The summed E-state index contributed by atoms with van der Waals surface area (Å²) in [7, 11) is 0. The van der Waals surface area contributed by atoms with Gasteiger partial charge < -0.3 is 14.4 Å². The average molecular weight is 287 g/mol. The van der Waals surface area contributed by atoms with Gasteiger partial charge in [0.05, 0.1) is 5.92 Å². The van der Waals surface area contributed by atoms with Gasteiger partial charge in [-0.3, -0.25) is 9.59 Å². The van der Waals surface area contributed by atoms with Crippen molar-refractivity contribution in [2.75, 3.05) is 13.1 Å². The fraction of sp³-hybridized carbons (Fsp3) is 0.375. The SMILES string of the molecule is Cc1c(C(=O)N2CCC(C(=O)O)C2)oc2c(C)cccc12. The van der Waals surface area contributed by atoms with Crippen LogP contribution in [-0.2, 0) is 4.79 Å². The number of rotatable bonds is 2. The highest BCUT2D eigenvalue weighted by Crippen LogP contribution is 2.29. The van der Waals surface area contributed by atoms with Crippen LogP contribution in [0.2, 0.25) is 0 Å². The number of aryl methyl sites for hydroxylation is 2. The lowest BCUT2D eigenvalue weighted by molar-refractivity contribution is -0.141. The number of nitrogens with zero attached hydrogens (tertiary/aromatic N) is 1. The van der Waals surface area contributed by atoms with E-state index in [2.05, 4.69) is 0 Å². The van der Waals surface area contributed by atoms with Gasteiger partial charge in [-0.15, -0.1) is 0 Å². The number of aliphatic carboxylic acids is 1. The molecule has 5 nitrogen and oxygen atoms in total. The van der Waals surface area contributed by atoms with Gasteiger partial charge in [0.25, 0.3) is 5.91 Å². The van der Waals surface area contributed by atoms with Crippen LogP contribution < -0.4 is 0 Å². The van der Waals surface area contributed by atoms with E-state index in [1.54, 1.807) is 4.90 Å². The number of hydrogen-bond donors (Lipinski definition) is 1. The van der Waals surface area contributed by atoms with Gasteiger partial charge in [-0.05, 0) is 25.8 Å². The zero-order valence-corrected chi connectivity index (χ0v) is 12.0. The molecule has 0 aliphatic carbocycles. The van der Waals surface area contributed by atoms with Gasteiger partial charge in [0.15, 0.2) is 5.76 Å². The standard InChI is InChI=1S/C16H17NO4/c1-9-4-3-5-12-10(2)14(21-13(9)12)15(18)17-7-6-11(8-17)16(19)20/h3-5,11H,6-8H2,1-2H3,(H,19,20). The Labute approximate surface area is 122 Å². The third-order valence-electron chi connectivity index (χ3n) is 4.18. The number of likely N-dealkylation sites (tertiary alicyclic amines) is 1. The Morgan fingerprint density at radius 3 is 2.71 bits per heavy atom. The van der Waals surface area contributed by atoms with Crippen LogP contribution in [0.3, 0.4) is 0 Å². The number of fused-ring (bicyclic) bond motifs is 1. The first-order chi connectivity index (χ1) is 9.99. The van der Waals surface area contributed by atoms with Gasteiger partial charge in [0.1, 0.15) is 5.58 Å². The number of amides is 1. The van der Waals surface area contributed by atoms with Crippen LogP contribution in [0.1, 0.15) is 28.1 Å². The summed E-state index contributed by atoms with van der Waals surface area (Å²) < 4.78 is 5.76. The molecule has 1 fully saturated rings. The molecule has 0 saturated carbocycles. The minimum Gasteiger partial charge on any atom is -0.481 e. The molecule has 3 rings (SSSR count). The molecule has 0 spiro atoms. The number of carboxylic acid groups (broad SMARTS) is 1. The topological polar surface area (TPSA) is 70.8 Å². The molecule has 1 unspecified atom stereocenters. The summed E-state index contributed by atoms with van der Waals surface area (Å²) in [6.07, 6.45) is 0.499. The lowest BCUT2D eigenvalue weighted by Gasteiger charge is -2.14. The summed E-state index contributed by atoms with van der Waals surface area (Å²) in [5.41, 5.74) is 2.53. The number of para-hydroxylation sites is 1. The average Bonchev–Trinajstić information content (AvgIpc) is 3.05. The molecule has 1 amide bonds. The highest BCUT2D eigenvalue weighted by Gasteiger charge is 2.33. The van der Waals surface area contributed by atoms with Crippen molar-refractivity contribution in [1.82, 2.24) is 4.90 Å². The van der Waals surface area contributed by atoms with Gasteiger partial charge in [-0.2, -0.15) is 0 Å². The van der Waals surface area contributed by atoms with Crippen LogP contribution in [-0.4, -0.2) is 35.0 Å². The lowest BCUT2D eigenvalue weighted by Crippen LogP contribution is -2.30. The van der Waals surface area contributed by atoms with Crippen LogP contribution in [0.15, 0.2) is 22.6 Å². The molecular weight excluding hydrogens is 270 g/mol. The van der Waals surface area contributed by atoms with E-state index < -0.39 is 11.9 Å². The number of benzene rings is 1. The van der Waals surface area contributed by atoms with Crippen molar-refractivity contribution in [3.63, 3.8) is 0 Å². The van der Waals surface area contributed by atoms with E-state index in [1.165, 1.54) is 0 Å². The largest absolute Gasteiger partial charge is 0.481 e. The molecule has 0 bridgehead atoms. The van der Waals surface area contributed by atoms with E-state index in [4.69, 9.17) is 9.52 Å². The van der Waals surface area contributed by atoms with E-state index in [1.807, 2.05) is 32.0 Å². The number of carboxylic acids is 1. The molecule has 2 aromatic rings. The smallest absolute Gasteiger partial charge is 0.308 e. The van der Waals surface area contributed by atoms with Crippen molar-refractivity contribution in [1.29, 1.82) is 0 Å². The van der Waals surface area contributed by atoms with Crippen LogP contribution in [0, 0.1) is 19.8 Å². The first-order valence-corrected chi connectivity index (χ1v) is 7.00. The predicted octanol–water partition coefficient (Wildman–Crippen LogP) is 2.60. The Hall–Kier alpha value is -2.30. The number of carbonyl (C=O) groups is 2. The maximum Gasteiger partial charge on any atom is 0.308 e. The van der Waals surface area contributed by atoms with Crippen LogP contribution >= 0.6 is 0 Å². The molecule has 110 valence electrons. The monoisotopic (exact) mass is 287 g/mol.